The van der Waals surface area contributed by atoms with Crippen LogP contribution in [-0.2, 0) is 16.0 Å². The molecule has 2 amide bonds. The van der Waals surface area contributed by atoms with Gasteiger partial charge in [-0.15, -0.1) is 0 Å². The molecule has 0 aromatic heterocycles. The number of carbonyl (C=O) groups is 2. The van der Waals surface area contributed by atoms with Crippen molar-refractivity contribution in [2.24, 2.45) is 0 Å². The number of hydrogen-bond donors (Lipinski definition) is 1. The third-order valence-corrected chi connectivity index (χ3v) is 6.62. The minimum Gasteiger partial charge on any atom is -0.352 e. The van der Waals surface area contributed by atoms with Crippen molar-refractivity contribution in [3.05, 3.63) is 64.6 Å². The van der Waals surface area contributed by atoms with Crippen LogP contribution in [0.25, 0.3) is 6.08 Å². The third-order valence-electron chi connectivity index (χ3n) is 5.54. The molecule has 29 heavy (non-hydrogen) atoms. The first-order valence-electron chi connectivity index (χ1n) is 10.3. The first-order chi connectivity index (χ1) is 14.1. The van der Waals surface area contributed by atoms with Crippen molar-refractivity contribution >= 4 is 35.3 Å². The van der Waals surface area contributed by atoms with Gasteiger partial charge in [0.25, 0.3) is 5.91 Å². The van der Waals surface area contributed by atoms with Gasteiger partial charge in [0.15, 0.2) is 0 Å². The number of carbonyl (C=O) groups excluding carboxylic acids is 2. The molecule has 1 saturated carbocycles. The van der Waals surface area contributed by atoms with Crippen LogP contribution >= 0.6 is 11.8 Å². The summed E-state index contributed by atoms with van der Waals surface area (Å²) in [6.07, 6.45) is 7.30. The van der Waals surface area contributed by atoms with Crippen LogP contribution in [0.1, 0.15) is 43.7 Å². The fourth-order valence-corrected chi connectivity index (χ4v) is 4.97. The van der Waals surface area contributed by atoms with Gasteiger partial charge in [0.05, 0.1) is 10.6 Å². The van der Waals surface area contributed by atoms with Crippen molar-refractivity contribution in [2.45, 2.75) is 50.0 Å². The quantitative estimate of drug-likeness (QED) is 0.727. The Morgan fingerprint density at radius 1 is 1.14 bits per heavy atom. The second kappa shape index (κ2) is 8.87. The molecule has 1 aliphatic carbocycles. The van der Waals surface area contributed by atoms with Crippen molar-refractivity contribution in [3.8, 4) is 0 Å². The summed E-state index contributed by atoms with van der Waals surface area (Å²) in [6.45, 7) is 2.18. The van der Waals surface area contributed by atoms with Crippen molar-refractivity contribution in [1.82, 2.24) is 5.32 Å². The van der Waals surface area contributed by atoms with Crippen LogP contribution in [-0.4, -0.2) is 24.4 Å². The number of fused-ring (bicyclic) bond motifs is 1. The minimum absolute atomic E-state index is 0.0546. The average Bonchev–Trinajstić information content (AvgIpc) is 3.24. The molecule has 0 atom stereocenters. The Balaban J connectivity index is 1.58. The number of benzene rings is 2. The van der Waals surface area contributed by atoms with E-state index in [0.29, 0.717) is 4.91 Å². The molecule has 150 valence electrons. The highest BCUT2D eigenvalue weighted by Crippen LogP contribution is 2.41. The van der Waals surface area contributed by atoms with E-state index in [1.807, 2.05) is 42.5 Å². The zero-order valence-corrected chi connectivity index (χ0v) is 17.5. The predicted octanol–water partition coefficient (Wildman–Crippen LogP) is 4.79. The lowest BCUT2D eigenvalue weighted by atomic mass is 10.1. The van der Waals surface area contributed by atoms with Crippen LogP contribution in [0.2, 0.25) is 0 Å². The molecule has 1 fully saturated rings. The van der Waals surface area contributed by atoms with Gasteiger partial charge in [0.2, 0.25) is 5.91 Å². The summed E-state index contributed by atoms with van der Waals surface area (Å²) in [4.78, 5) is 29.1. The molecule has 1 N–H and O–H groups in total. The van der Waals surface area contributed by atoms with Gasteiger partial charge in [-0.2, -0.15) is 0 Å². The number of para-hydroxylation sites is 1. The van der Waals surface area contributed by atoms with E-state index in [2.05, 4.69) is 24.4 Å². The highest BCUT2D eigenvalue weighted by atomic mass is 32.2. The van der Waals surface area contributed by atoms with E-state index in [4.69, 9.17) is 0 Å². The molecule has 5 heteroatoms. The summed E-state index contributed by atoms with van der Waals surface area (Å²) in [5, 5.41) is 3.10. The Morgan fingerprint density at radius 2 is 1.86 bits per heavy atom. The molecule has 1 heterocycles. The van der Waals surface area contributed by atoms with Gasteiger partial charge in [-0.25, -0.2) is 0 Å². The maximum Gasteiger partial charge on any atom is 0.265 e. The van der Waals surface area contributed by atoms with Crippen LogP contribution < -0.4 is 10.2 Å². The van der Waals surface area contributed by atoms with Gasteiger partial charge in [0, 0.05) is 10.9 Å². The summed E-state index contributed by atoms with van der Waals surface area (Å²) >= 11 is 1.47. The second-order valence-electron chi connectivity index (χ2n) is 7.61. The minimum atomic E-state index is -0.116. The van der Waals surface area contributed by atoms with E-state index in [0.717, 1.165) is 48.3 Å². The van der Waals surface area contributed by atoms with Crippen molar-refractivity contribution < 1.29 is 9.59 Å². The second-order valence-corrected chi connectivity index (χ2v) is 8.70. The van der Waals surface area contributed by atoms with Gasteiger partial charge < -0.3 is 5.32 Å². The highest BCUT2D eigenvalue weighted by molar-refractivity contribution is 8.04. The summed E-state index contributed by atoms with van der Waals surface area (Å²) in [7, 11) is 0. The molecule has 2 aromatic carbocycles. The van der Waals surface area contributed by atoms with Gasteiger partial charge in [-0.05, 0) is 48.6 Å². The number of nitrogens with zero attached hydrogens (tertiary/aromatic N) is 1. The van der Waals surface area contributed by atoms with Gasteiger partial charge in [-0.1, -0.05) is 67.9 Å². The van der Waals surface area contributed by atoms with Crippen LogP contribution in [0, 0.1) is 0 Å². The van der Waals surface area contributed by atoms with Crippen LogP contribution in [0.15, 0.2) is 58.3 Å². The molecule has 4 nitrogen and oxygen atoms in total. The van der Waals surface area contributed by atoms with E-state index >= 15 is 0 Å². The molecule has 0 unspecified atom stereocenters. The molecular formula is C24H26N2O2S. The number of rotatable bonds is 5. The number of aryl methyl sites for hydroxylation is 1. The Hall–Kier alpha value is -2.53. The third kappa shape index (κ3) is 4.56. The fourth-order valence-electron chi connectivity index (χ4n) is 3.91. The molecule has 2 aliphatic rings. The van der Waals surface area contributed by atoms with E-state index in [9.17, 15) is 9.59 Å². The lowest BCUT2D eigenvalue weighted by molar-refractivity contribution is -0.122. The topological polar surface area (TPSA) is 49.4 Å². The first-order valence-corrected chi connectivity index (χ1v) is 11.1. The van der Waals surface area contributed by atoms with E-state index < -0.39 is 0 Å². The number of amides is 2. The Kier molecular flexibility index (Phi) is 6.05. The normalized spacial score (nSPS) is 18.2. The number of hydrogen-bond acceptors (Lipinski definition) is 3. The Bertz CT molecular complexity index is 930. The summed E-state index contributed by atoms with van der Waals surface area (Å²) in [6, 6.07) is 16.3. The van der Waals surface area contributed by atoms with Crippen LogP contribution in [0.5, 0.6) is 0 Å². The van der Waals surface area contributed by atoms with Crippen LogP contribution in [0.3, 0.4) is 0 Å². The Labute approximate surface area is 176 Å². The highest BCUT2D eigenvalue weighted by Gasteiger charge is 2.31. The van der Waals surface area contributed by atoms with Crippen molar-refractivity contribution in [1.29, 1.82) is 0 Å². The zero-order chi connectivity index (χ0) is 20.2. The summed E-state index contributed by atoms with van der Waals surface area (Å²) in [5.74, 6) is -0.201. The maximum absolute atomic E-state index is 13.2. The van der Waals surface area contributed by atoms with Crippen LogP contribution in [0.4, 0.5) is 5.69 Å². The maximum atomic E-state index is 13.2. The Morgan fingerprint density at radius 3 is 2.59 bits per heavy atom. The monoisotopic (exact) mass is 406 g/mol. The standard InChI is InChI=1S/C24H26N2O2S/c1-2-17-11-13-18(14-12-17)15-22-24(28)26(20-9-5-6-10-21(20)29-22)16-23(27)25-19-7-3-4-8-19/h5-6,9-15,19H,2-4,7-8,16H2,1H3,(H,25,27). The number of anilines is 1. The SMILES string of the molecule is CCc1ccc(C=C2Sc3ccccc3N(CC(=O)NC3CCCC3)C2=O)cc1. The van der Waals surface area contributed by atoms with Crippen molar-refractivity contribution in [2.75, 3.05) is 11.4 Å². The molecule has 2 aromatic rings. The molecule has 0 spiro atoms. The van der Waals surface area contributed by atoms with E-state index in [-0.39, 0.29) is 24.4 Å². The van der Waals surface area contributed by atoms with E-state index in [1.54, 1.807) is 4.90 Å². The fraction of sp³-hybridized carbons (Fsp3) is 0.333. The molecule has 0 radical (unpaired) electrons. The average molecular weight is 407 g/mol. The van der Waals surface area contributed by atoms with Gasteiger partial charge in [-0.3, -0.25) is 14.5 Å². The smallest absolute Gasteiger partial charge is 0.265 e. The van der Waals surface area contributed by atoms with Crippen molar-refractivity contribution in [3.63, 3.8) is 0 Å². The zero-order valence-electron chi connectivity index (χ0n) is 16.7. The lowest BCUT2D eigenvalue weighted by Gasteiger charge is -2.30. The molecular weight excluding hydrogens is 380 g/mol. The molecule has 0 saturated heterocycles. The molecule has 0 bridgehead atoms. The van der Waals surface area contributed by atoms with E-state index in [1.165, 1.54) is 17.3 Å². The summed E-state index contributed by atoms with van der Waals surface area (Å²) in [5.41, 5.74) is 3.07. The van der Waals surface area contributed by atoms with Gasteiger partial charge >= 0.3 is 0 Å². The summed E-state index contributed by atoms with van der Waals surface area (Å²) < 4.78 is 0. The largest absolute Gasteiger partial charge is 0.352 e. The molecule has 1 aliphatic heterocycles. The predicted molar refractivity (Wildman–Crippen MR) is 119 cm³/mol. The lowest BCUT2D eigenvalue weighted by Crippen LogP contribution is -2.45. The first kappa shape index (κ1) is 19.8. The molecule has 4 rings (SSSR count). The number of thioether (sulfide) groups is 1. The number of nitrogens with one attached hydrogen (secondary N) is 1. The van der Waals surface area contributed by atoms with Gasteiger partial charge in [0.1, 0.15) is 6.54 Å².